The number of alkyl halides is 2. The molecule has 0 aromatic heterocycles. The van der Waals surface area contributed by atoms with E-state index in [4.69, 9.17) is 0 Å². The third kappa shape index (κ3) is 34.7. The van der Waals surface area contributed by atoms with E-state index in [9.17, 15) is 0 Å². The van der Waals surface area contributed by atoms with Crippen molar-refractivity contribution in [1.82, 2.24) is 0 Å². The molecule has 0 unspecified atom stereocenters. The Balaban J connectivity index is 0. The monoisotopic (exact) mass is 524 g/mol. The molecular weight excluding hydrogens is 455 g/mol. The maximum Gasteiger partial charge on any atom is 0.224 e. The molecule has 0 aliphatic rings. The van der Waals surface area contributed by atoms with Crippen molar-refractivity contribution >= 4 is 0 Å². The van der Waals surface area contributed by atoms with Crippen molar-refractivity contribution < 1.29 is 23.2 Å². The van der Waals surface area contributed by atoms with Crippen molar-refractivity contribution in [3.63, 3.8) is 0 Å². The highest BCUT2D eigenvalue weighted by Crippen LogP contribution is 2.24. The van der Waals surface area contributed by atoms with Crippen LogP contribution >= 0.6 is 0 Å². The maximum absolute atomic E-state index is 4.31. The molecular formula is C32H70Cl2+4. The van der Waals surface area contributed by atoms with Gasteiger partial charge in [0.05, 0.1) is 0 Å². The molecule has 208 valence electrons. The number of unbranched alkanes of at least 4 members (excludes halogenated alkanes) is 19. The number of rotatable bonds is 27. The fourth-order valence-corrected chi connectivity index (χ4v) is 5.27. The van der Waals surface area contributed by atoms with E-state index in [0.29, 0.717) is 0 Å². The van der Waals surface area contributed by atoms with Crippen molar-refractivity contribution in [3.8, 4) is 0 Å². The van der Waals surface area contributed by atoms with Crippen LogP contribution in [0.4, 0.5) is 0 Å². The summed E-state index contributed by atoms with van der Waals surface area (Å²) in [6.07, 6.45) is 37.2. The third-order valence-corrected chi connectivity index (χ3v) is 7.85. The molecule has 0 aromatic carbocycles. The second kappa shape index (κ2) is 35.7. The Kier molecular flexibility index (Phi) is 38.6. The standard InChI is InChI=1S/C24H52Cl2.C8H18/c1-2-3-4-9-14-19-24(20-15-10-5-7-12-17-22-25)21-16-11-6-8-13-18-23-26;1-3-5-7-8-6-4-2/h24H,2-23,25-26H2,1H3;3-8H2,1-2H3/q+4;. The predicted molar refractivity (Wildman–Crippen MR) is 156 cm³/mol. The van der Waals surface area contributed by atoms with Gasteiger partial charge in [0.2, 0.25) is 11.8 Å². The molecule has 34 heavy (non-hydrogen) atoms. The lowest BCUT2D eigenvalue weighted by atomic mass is 9.89. The van der Waals surface area contributed by atoms with Gasteiger partial charge in [0.15, 0.2) is 0 Å². The van der Waals surface area contributed by atoms with E-state index >= 15 is 0 Å². The summed E-state index contributed by atoms with van der Waals surface area (Å²) in [5, 5.41) is 0. The van der Waals surface area contributed by atoms with Crippen LogP contribution < -0.4 is 0 Å². The Morgan fingerprint density at radius 2 is 0.559 bits per heavy atom. The SMILES string of the molecule is CCCCCCCC.CCCCCCCC(CCCCCCCC[ClH2+2])CCCCCCCC[ClH2+2]. The number of hydrogen-bond acceptors (Lipinski definition) is 0. The van der Waals surface area contributed by atoms with Gasteiger partial charge in [-0.25, -0.2) is 0 Å². The first-order valence-corrected chi connectivity index (χ1v) is 17.2. The lowest BCUT2D eigenvalue weighted by Gasteiger charge is -2.17. The molecule has 0 aliphatic carbocycles. The smallest absolute Gasteiger partial charge is 0.0654 e. The molecule has 0 bridgehead atoms. The lowest BCUT2D eigenvalue weighted by molar-refractivity contribution is -0.368. The van der Waals surface area contributed by atoms with Crippen molar-refractivity contribution in [2.75, 3.05) is 11.8 Å². The molecule has 0 aromatic rings. The van der Waals surface area contributed by atoms with Crippen LogP contribution in [0.25, 0.3) is 0 Å². The van der Waals surface area contributed by atoms with Crippen molar-refractivity contribution in [1.29, 1.82) is 0 Å². The highest BCUT2D eigenvalue weighted by Gasteiger charge is 2.09. The maximum atomic E-state index is 4.31. The molecule has 0 saturated carbocycles. The van der Waals surface area contributed by atoms with Crippen LogP contribution in [0.2, 0.25) is 0 Å². The molecule has 0 atom stereocenters. The number of hydrogen-bond donors (Lipinski definition) is 0. The zero-order chi connectivity index (χ0) is 25.4. The van der Waals surface area contributed by atoms with Gasteiger partial charge in [0, 0.05) is 12.8 Å². The molecule has 0 rings (SSSR count). The fourth-order valence-electron chi connectivity index (χ4n) is 4.83. The Morgan fingerprint density at radius 3 is 0.824 bits per heavy atom. The van der Waals surface area contributed by atoms with E-state index in [1.807, 2.05) is 0 Å². The van der Waals surface area contributed by atoms with Gasteiger partial charge in [-0.2, -0.15) is 0 Å². The van der Waals surface area contributed by atoms with E-state index in [0.717, 1.165) is 17.7 Å². The molecule has 0 N–H and O–H groups in total. The fraction of sp³-hybridized carbons (Fsp3) is 1.00. The third-order valence-electron chi connectivity index (χ3n) is 7.21. The van der Waals surface area contributed by atoms with E-state index in [2.05, 4.69) is 44.0 Å². The summed E-state index contributed by atoms with van der Waals surface area (Å²) in [6.45, 7) is 6.83. The predicted octanol–water partition coefficient (Wildman–Crippen LogP) is 10.8. The van der Waals surface area contributed by atoms with Gasteiger partial charge in [-0.3, -0.25) is 0 Å². The minimum Gasteiger partial charge on any atom is -0.0654 e. The van der Waals surface area contributed by atoms with E-state index in [1.165, 1.54) is 167 Å². The highest BCUT2D eigenvalue weighted by atomic mass is 35.5. The second-order valence-electron chi connectivity index (χ2n) is 10.8. The topological polar surface area (TPSA) is 0 Å². The second-order valence-corrected chi connectivity index (χ2v) is 11.6. The van der Waals surface area contributed by atoms with Crippen molar-refractivity contribution in [2.45, 2.75) is 188 Å². The summed E-state index contributed by atoms with van der Waals surface area (Å²) in [5.41, 5.74) is 0. The van der Waals surface area contributed by atoms with Gasteiger partial charge in [0.1, 0.15) is 0 Å². The van der Waals surface area contributed by atoms with Crippen LogP contribution in [0.1, 0.15) is 188 Å². The Bertz CT molecular complexity index is 294. The molecule has 0 spiro atoms. The minimum atomic E-state index is 1.02. The first kappa shape index (κ1) is 36.7. The molecule has 0 saturated heterocycles. The molecule has 0 aliphatic heterocycles. The molecule has 0 fully saturated rings. The molecule has 0 radical (unpaired) electrons. The largest absolute Gasteiger partial charge is 0.224 e. The van der Waals surface area contributed by atoms with Gasteiger partial charge in [-0.1, -0.05) is 162 Å². The van der Waals surface area contributed by atoms with Crippen LogP contribution in [-0.4, -0.2) is 11.8 Å². The first-order valence-electron chi connectivity index (χ1n) is 16.0. The van der Waals surface area contributed by atoms with Gasteiger partial charge < -0.3 is 0 Å². The van der Waals surface area contributed by atoms with Crippen LogP contribution in [0.15, 0.2) is 0 Å². The lowest BCUT2D eigenvalue weighted by Crippen LogP contribution is -2.01. The minimum absolute atomic E-state index is 1.02. The van der Waals surface area contributed by atoms with Gasteiger partial charge >= 0.3 is 0 Å². The summed E-state index contributed by atoms with van der Waals surface area (Å²) >= 11 is 8.61. The van der Waals surface area contributed by atoms with Crippen LogP contribution in [-0.2, 0) is 0 Å². The molecule has 0 nitrogen and oxygen atoms in total. The average Bonchev–Trinajstić information content (AvgIpc) is 2.85. The molecule has 0 amide bonds. The normalized spacial score (nSPS) is 11.1. The van der Waals surface area contributed by atoms with Crippen LogP contribution in [0, 0.1) is 29.1 Å². The summed E-state index contributed by atoms with van der Waals surface area (Å²) in [6, 6.07) is 0. The van der Waals surface area contributed by atoms with E-state index in [1.54, 1.807) is 0 Å². The van der Waals surface area contributed by atoms with E-state index < -0.39 is 0 Å². The van der Waals surface area contributed by atoms with Crippen molar-refractivity contribution in [3.05, 3.63) is 0 Å². The molecule has 2 heteroatoms. The van der Waals surface area contributed by atoms with E-state index in [-0.39, 0.29) is 0 Å². The zero-order valence-corrected chi connectivity index (χ0v) is 26.1. The van der Waals surface area contributed by atoms with Crippen LogP contribution in [0.3, 0.4) is 0 Å². The quantitative estimate of drug-likeness (QED) is 0.0739. The molecule has 0 heterocycles. The van der Waals surface area contributed by atoms with Crippen molar-refractivity contribution in [2.24, 2.45) is 5.92 Å². The Morgan fingerprint density at radius 1 is 0.324 bits per heavy atom. The van der Waals surface area contributed by atoms with Gasteiger partial charge in [-0.05, 0) is 42.0 Å². The van der Waals surface area contributed by atoms with Gasteiger partial charge in [0.25, 0.3) is 0 Å². The Labute approximate surface area is 228 Å². The Hall–Kier alpha value is 0.580. The van der Waals surface area contributed by atoms with Crippen LogP contribution in [0.5, 0.6) is 0 Å². The summed E-state index contributed by atoms with van der Waals surface area (Å²) in [4.78, 5) is 0. The summed E-state index contributed by atoms with van der Waals surface area (Å²) in [5.74, 6) is 3.15. The van der Waals surface area contributed by atoms with Gasteiger partial charge in [-0.15, -0.1) is 0 Å². The summed E-state index contributed by atoms with van der Waals surface area (Å²) < 4.78 is 0. The summed E-state index contributed by atoms with van der Waals surface area (Å²) in [7, 11) is 0. The zero-order valence-electron chi connectivity index (χ0n) is 24.3. The number of halogens is 2. The highest BCUT2D eigenvalue weighted by molar-refractivity contribution is 4.62. The average molecular weight is 526 g/mol. The first-order chi connectivity index (χ1) is 16.8.